The van der Waals surface area contributed by atoms with E-state index in [-0.39, 0.29) is 41.9 Å². The second-order valence-electron chi connectivity index (χ2n) is 18.3. The van der Waals surface area contributed by atoms with Crippen molar-refractivity contribution in [3.63, 3.8) is 0 Å². The molecule has 1 saturated heterocycles. The number of aliphatic hydroxyl groups is 3. The van der Waals surface area contributed by atoms with Crippen molar-refractivity contribution < 1.29 is 76.9 Å². The Kier molecular flexibility index (Phi) is 12.3. The van der Waals surface area contributed by atoms with Gasteiger partial charge in [0.25, 0.3) is 0 Å². The highest BCUT2D eigenvalue weighted by molar-refractivity contribution is 5.94. The molecule has 4 aliphatic rings. The summed E-state index contributed by atoms with van der Waals surface area (Å²) in [5, 5.41) is 37.6. The molecule has 332 valence electrons. The molecular weight excluding hydrogens is 796 g/mol. The van der Waals surface area contributed by atoms with Crippen molar-refractivity contribution in [1.82, 2.24) is 0 Å². The zero-order valence-electron chi connectivity index (χ0n) is 35.9. The third kappa shape index (κ3) is 7.92. The number of hydrogen-bond donors (Lipinski definition) is 3. The first kappa shape index (κ1) is 45.6. The molecule has 0 radical (unpaired) electrons. The van der Waals surface area contributed by atoms with Gasteiger partial charge >= 0.3 is 29.8 Å². The number of ether oxygens (including phenoxy) is 6. The number of hydrogen-bond acceptors (Lipinski definition) is 16. The highest BCUT2D eigenvalue weighted by Crippen LogP contribution is 2.64. The van der Waals surface area contributed by atoms with Crippen LogP contribution in [0.3, 0.4) is 0 Å². The van der Waals surface area contributed by atoms with Crippen LogP contribution < -0.4 is 0 Å². The predicted octanol–water partition coefficient (Wildman–Crippen LogP) is 4.06. The summed E-state index contributed by atoms with van der Waals surface area (Å²) in [5.74, 6) is -8.05. The van der Waals surface area contributed by atoms with Crippen LogP contribution in [0.5, 0.6) is 0 Å². The Bertz CT molecular complexity index is 2070. The molecule has 2 saturated carbocycles. The van der Waals surface area contributed by atoms with Gasteiger partial charge in [-0.3, -0.25) is 19.2 Å². The minimum Gasteiger partial charge on any atom is -0.469 e. The van der Waals surface area contributed by atoms with Gasteiger partial charge in [0, 0.05) is 31.6 Å². The van der Waals surface area contributed by atoms with E-state index in [1.165, 1.54) is 44.4 Å². The van der Waals surface area contributed by atoms with Gasteiger partial charge < -0.3 is 48.2 Å². The fourth-order valence-electron chi connectivity index (χ4n) is 9.97. The van der Waals surface area contributed by atoms with Gasteiger partial charge in [0.2, 0.25) is 0 Å². The molecule has 61 heavy (non-hydrogen) atoms. The van der Waals surface area contributed by atoms with Gasteiger partial charge in [-0.25, -0.2) is 9.59 Å². The molecule has 1 aromatic carbocycles. The number of ketones is 1. The van der Waals surface area contributed by atoms with Crippen LogP contribution in [0.4, 0.5) is 0 Å². The molecule has 16 heteroatoms. The summed E-state index contributed by atoms with van der Waals surface area (Å²) in [6.45, 7) is 13.4. The first-order chi connectivity index (χ1) is 28.4. The van der Waals surface area contributed by atoms with Crippen molar-refractivity contribution in [3.05, 3.63) is 71.2 Å². The smallest absolute Gasteiger partial charge is 0.338 e. The fraction of sp³-hybridized carbons (Fsp3) is 0.600. The zero-order chi connectivity index (χ0) is 45.0. The number of fused-ring (bicyclic) bond motifs is 5. The van der Waals surface area contributed by atoms with Gasteiger partial charge in [0.05, 0.1) is 42.1 Å². The van der Waals surface area contributed by atoms with Crippen LogP contribution in [-0.4, -0.2) is 111 Å². The molecule has 2 heterocycles. The van der Waals surface area contributed by atoms with E-state index in [1.807, 2.05) is 0 Å². The molecule has 2 aromatic rings. The standard InChI is InChI=1S/C45H56O16/c1-10-31(47)58-29-20-30-44(22-56-30,60-24(3)46)36-38(59-39(52)25-15-12-11-13-16-25)45(54)21-28(23(2)33(42(45,7)8)35(50)37(51)43(29,36)9)57-40(53)34(49)26(27-17-14-18-55-27)19-32(48)61-41(4,5)6/h11-18,26,28-30,34-36,38,49-50,54H,10,19-22H2,1-9H3/t26-,28-,29-,30+,34+,35+,36?,38?,43+,44-,45+/m0/s1. The van der Waals surface area contributed by atoms with Crippen molar-refractivity contribution >= 4 is 35.6 Å². The van der Waals surface area contributed by atoms with E-state index in [2.05, 4.69) is 0 Å². The van der Waals surface area contributed by atoms with Crippen LogP contribution in [0.2, 0.25) is 0 Å². The summed E-state index contributed by atoms with van der Waals surface area (Å²) in [7, 11) is 0. The minimum atomic E-state index is -2.39. The Labute approximate surface area is 353 Å². The summed E-state index contributed by atoms with van der Waals surface area (Å²) >= 11 is 0. The Hall–Kier alpha value is -4.90. The maximum absolute atomic E-state index is 15.4. The summed E-state index contributed by atoms with van der Waals surface area (Å²) in [4.78, 5) is 82.8. The normalized spacial score (nSPS) is 32.6. The zero-order valence-corrected chi connectivity index (χ0v) is 35.9. The monoisotopic (exact) mass is 852 g/mol. The number of aliphatic hydroxyl groups excluding tert-OH is 2. The molecule has 3 N–H and O–H groups in total. The molecule has 3 aliphatic carbocycles. The third-order valence-electron chi connectivity index (χ3n) is 13.0. The minimum absolute atomic E-state index is 0.0644. The molecule has 2 bridgehead atoms. The number of benzene rings is 1. The molecule has 1 aliphatic heterocycles. The van der Waals surface area contributed by atoms with Gasteiger partial charge in [0.1, 0.15) is 47.5 Å². The van der Waals surface area contributed by atoms with Crippen molar-refractivity contribution in [1.29, 1.82) is 0 Å². The summed E-state index contributed by atoms with van der Waals surface area (Å²) in [6, 6.07) is 10.8. The molecule has 0 amide bonds. The van der Waals surface area contributed by atoms with Gasteiger partial charge in [-0.05, 0) is 70.0 Å². The predicted molar refractivity (Wildman–Crippen MR) is 211 cm³/mol. The number of Topliss-reactive ketones (excluding diaryl/α,β-unsaturated/α-hetero) is 1. The number of carbonyl (C=O) groups is 6. The number of rotatable bonds is 11. The highest BCUT2D eigenvalue weighted by atomic mass is 16.6. The molecule has 16 nitrogen and oxygen atoms in total. The van der Waals surface area contributed by atoms with Crippen molar-refractivity contribution in [2.24, 2.45) is 16.7 Å². The van der Waals surface area contributed by atoms with Gasteiger partial charge in [0.15, 0.2) is 17.5 Å². The molecular formula is C45H56O16. The average Bonchev–Trinajstić information content (AvgIpc) is 3.72. The third-order valence-corrected chi connectivity index (χ3v) is 13.0. The highest BCUT2D eigenvalue weighted by Gasteiger charge is 2.78. The van der Waals surface area contributed by atoms with E-state index in [0.29, 0.717) is 0 Å². The van der Waals surface area contributed by atoms with Gasteiger partial charge in [-0.1, -0.05) is 39.0 Å². The Morgan fingerprint density at radius 2 is 1.64 bits per heavy atom. The van der Waals surface area contributed by atoms with Crippen LogP contribution in [-0.2, 0) is 52.4 Å². The lowest BCUT2D eigenvalue weighted by atomic mass is 9.44. The van der Waals surface area contributed by atoms with Crippen molar-refractivity contribution in [3.8, 4) is 0 Å². The summed E-state index contributed by atoms with van der Waals surface area (Å²) < 4.78 is 41.4. The fourth-order valence-corrected chi connectivity index (χ4v) is 9.97. The molecule has 2 unspecified atom stereocenters. The number of esters is 5. The maximum atomic E-state index is 15.4. The van der Waals surface area contributed by atoms with Crippen LogP contribution in [0, 0.1) is 16.7 Å². The Balaban J connectivity index is 1.52. The lowest BCUT2D eigenvalue weighted by Crippen LogP contribution is -2.82. The van der Waals surface area contributed by atoms with Crippen LogP contribution in [0.25, 0.3) is 0 Å². The van der Waals surface area contributed by atoms with Crippen LogP contribution >= 0.6 is 0 Å². The molecule has 6 rings (SSSR count). The lowest BCUT2D eigenvalue weighted by Gasteiger charge is -2.67. The Morgan fingerprint density at radius 3 is 2.20 bits per heavy atom. The van der Waals surface area contributed by atoms with Crippen LogP contribution in [0.1, 0.15) is 110 Å². The van der Waals surface area contributed by atoms with E-state index < -0.39 is 125 Å². The average molecular weight is 853 g/mol. The van der Waals surface area contributed by atoms with Crippen LogP contribution in [0.15, 0.2) is 64.3 Å². The van der Waals surface area contributed by atoms with E-state index in [4.69, 9.17) is 32.8 Å². The first-order valence-electron chi connectivity index (χ1n) is 20.5. The SMILES string of the molecule is CCC(=O)O[C@H]1C[C@H]2OC[C@@]2(OC(C)=O)C2C(OC(=O)c3ccccc3)[C@]3(O)C[C@H](OC(=O)[C@H](O)[C@@H](CC(=O)OC(C)(C)C)c4ccco4)C(C)=C([C@@H](O)C(=O)[C@@]21C)C3(C)C. The maximum Gasteiger partial charge on any atom is 0.338 e. The van der Waals surface area contributed by atoms with E-state index in [0.717, 1.165) is 6.92 Å². The van der Waals surface area contributed by atoms with Gasteiger partial charge in [-0.2, -0.15) is 0 Å². The molecule has 1 aromatic heterocycles. The largest absolute Gasteiger partial charge is 0.469 e. The molecule has 0 spiro atoms. The number of carbonyl (C=O) groups excluding carboxylic acids is 6. The second-order valence-corrected chi connectivity index (χ2v) is 18.3. The van der Waals surface area contributed by atoms with Crippen molar-refractivity contribution in [2.45, 2.75) is 147 Å². The lowest BCUT2D eigenvalue weighted by molar-refractivity contribution is -0.346. The second kappa shape index (κ2) is 16.4. The molecule has 11 atom stereocenters. The van der Waals surface area contributed by atoms with Crippen molar-refractivity contribution in [2.75, 3.05) is 6.61 Å². The summed E-state index contributed by atoms with van der Waals surface area (Å²) in [5.41, 5.74) is -8.61. The van der Waals surface area contributed by atoms with E-state index in [9.17, 15) is 39.3 Å². The van der Waals surface area contributed by atoms with E-state index in [1.54, 1.807) is 59.7 Å². The summed E-state index contributed by atoms with van der Waals surface area (Å²) in [6.07, 6.45) is -9.73. The van der Waals surface area contributed by atoms with Gasteiger partial charge in [-0.15, -0.1) is 0 Å². The van der Waals surface area contributed by atoms with E-state index >= 15 is 4.79 Å². The topological polar surface area (TPSA) is 232 Å². The first-order valence-corrected chi connectivity index (χ1v) is 20.5. The number of furan rings is 1. The molecule has 3 fully saturated rings. The Morgan fingerprint density at radius 1 is 0.967 bits per heavy atom. The quantitative estimate of drug-likeness (QED) is 0.164.